The van der Waals surface area contributed by atoms with Gasteiger partial charge in [0.1, 0.15) is 0 Å². The van der Waals surface area contributed by atoms with Gasteiger partial charge in [0.2, 0.25) is 0 Å². The molecule has 188 valence electrons. The van der Waals surface area contributed by atoms with Gasteiger partial charge >= 0.3 is 0 Å². The van der Waals surface area contributed by atoms with Crippen LogP contribution in [0.3, 0.4) is 0 Å². The van der Waals surface area contributed by atoms with E-state index < -0.39 is 40.3 Å². The molecule has 0 aromatic heterocycles. The van der Waals surface area contributed by atoms with Crippen LogP contribution in [0.1, 0.15) is 86.0 Å². The van der Waals surface area contributed by atoms with Gasteiger partial charge in [-0.2, -0.15) is 0 Å². The van der Waals surface area contributed by atoms with Gasteiger partial charge in [0.15, 0.2) is 5.78 Å². The highest BCUT2D eigenvalue weighted by molar-refractivity contribution is 5.95. The normalized spacial score (nSPS) is 47.9. The minimum atomic E-state index is -1.34. The summed E-state index contributed by atoms with van der Waals surface area (Å²) in [5.41, 5.74) is -2.98. The molecule has 0 spiro atoms. The molecule has 0 heterocycles. The second-order valence-electron chi connectivity index (χ2n) is 12.8. The summed E-state index contributed by atoms with van der Waals surface area (Å²) in [7, 11) is 0. The average Bonchev–Trinajstić information content (AvgIpc) is 3.00. The Morgan fingerprint density at radius 1 is 1.09 bits per heavy atom. The van der Waals surface area contributed by atoms with Crippen molar-refractivity contribution in [3.63, 3.8) is 0 Å². The third-order valence-electron chi connectivity index (χ3n) is 10.5. The van der Waals surface area contributed by atoms with Crippen LogP contribution in [0.2, 0.25) is 0 Å². The summed E-state index contributed by atoms with van der Waals surface area (Å²) < 4.78 is 0. The maximum atomic E-state index is 13.2. The number of fused-ring (bicyclic) bond motifs is 5. The zero-order valence-electron chi connectivity index (χ0n) is 20.9. The maximum absolute atomic E-state index is 13.2. The molecule has 3 fully saturated rings. The first-order valence-corrected chi connectivity index (χ1v) is 12.9. The van der Waals surface area contributed by atoms with Crippen molar-refractivity contribution in [2.75, 3.05) is 0 Å². The van der Waals surface area contributed by atoms with Gasteiger partial charge in [-0.05, 0) is 93.1 Å². The fourth-order valence-electron chi connectivity index (χ4n) is 8.32. The lowest BCUT2D eigenvalue weighted by atomic mass is 9.45. The largest absolute Gasteiger partial charge is 0.390 e. The lowest BCUT2D eigenvalue weighted by Crippen LogP contribution is -2.62. The molecule has 33 heavy (non-hydrogen) atoms. The molecule has 5 N–H and O–H groups in total. The summed E-state index contributed by atoms with van der Waals surface area (Å²) in [6.45, 7) is 9.96. The van der Waals surface area contributed by atoms with E-state index in [9.17, 15) is 30.3 Å². The Morgan fingerprint density at radius 3 is 2.39 bits per heavy atom. The van der Waals surface area contributed by atoms with Gasteiger partial charge in [-0.15, -0.1) is 0 Å². The van der Waals surface area contributed by atoms with Gasteiger partial charge in [0.25, 0.3) is 0 Å². The SMILES string of the molecule is CC(C)CCC(O)[C@](C)(O)[C@H]1CC[C@@]2(O)C3=CC(=O)[C@@H]4CC(O)C(O)C[C@]4(C)[C@H]3CC[C@]12C. The van der Waals surface area contributed by atoms with Crippen LogP contribution in [0.5, 0.6) is 0 Å². The molecule has 6 heteroatoms. The van der Waals surface area contributed by atoms with Crippen molar-refractivity contribution in [3.8, 4) is 0 Å². The van der Waals surface area contributed by atoms with Gasteiger partial charge in [0.05, 0.1) is 29.5 Å². The monoisotopic (exact) mass is 464 g/mol. The number of carbonyl (C=O) groups excluding carboxylic acids is 1. The first-order valence-electron chi connectivity index (χ1n) is 12.9. The van der Waals surface area contributed by atoms with Gasteiger partial charge in [-0.1, -0.05) is 27.7 Å². The quantitative estimate of drug-likeness (QED) is 0.427. The first kappa shape index (κ1) is 25.3. The fraction of sp³-hybridized carbons (Fsp3) is 0.889. The van der Waals surface area contributed by atoms with Crippen molar-refractivity contribution in [1.82, 2.24) is 0 Å². The molecule has 4 aliphatic rings. The summed E-state index contributed by atoms with van der Waals surface area (Å²) in [6.07, 6.45) is 3.39. The summed E-state index contributed by atoms with van der Waals surface area (Å²) in [6, 6.07) is 0. The van der Waals surface area contributed by atoms with E-state index in [-0.39, 0.29) is 30.0 Å². The topological polar surface area (TPSA) is 118 Å². The predicted octanol–water partition coefficient (Wildman–Crippen LogP) is 2.74. The molecular formula is C27H44O6. The zero-order valence-corrected chi connectivity index (χ0v) is 20.9. The van der Waals surface area contributed by atoms with Crippen molar-refractivity contribution >= 4 is 5.78 Å². The predicted molar refractivity (Wildman–Crippen MR) is 125 cm³/mol. The third-order valence-corrected chi connectivity index (χ3v) is 10.5. The minimum absolute atomic E-state index is 0.0463. The van der Waals surface area contributed by atoms with Crippen molar-refractivity contribution in [2.45, 2.75) is 115 Å². The second kappa shape index (κ2) is 8.12. The Bertz CT molecular complexity index is 819. The van der Waals surface area contributed by atoms with Gasteiger partial charge in [0, 0.05) is 11.3 Å². The molecule has 0 radical (unpaired) electrons. The maximum Gasteiger partial charge on any atom is 0.159 e. The molecule has 0 bridgehead atoms. The first-order chi connectivity index (χ1) is 15.2. The minimum Gasteiger partial charge on any atom is -0.390 e. The molecule has 0 amide bonds. The number of hydrogen-bond acceptors (Lipinski definition) is 6. The Balaban J connectivity index is 1.68. The van der Waals surface area contributed by atoms with Crippen molar-refractivity contribution in [2.24, 2.45) is 34.5 Å². The lowest BCUT2D eigenvalue weighted by Gasteiger charge is -2.60. The molecule has 6 nitrogen and oxygen atoms in total. The second-order valence-corrected chi connectivity index (χ2v) is 12.8. The summed E-state index contributed by atoms with van der Waals surface area (Å²) in [5.74, 6) is -0.331. The van der Waals surface area contributed by atoms with E-state index in [0.29, 0.717) is 38.0 Å². The van der Waals surface area contributed by atoms with E-state index in [4.69, 9.17) is 0 Å². The Morgan fingerprint density at radius 2 is 1.76 bits per heavy atom. The van der Waals surface area contributed by atoms with Crippen molar-refractivity contribution in [3.05, 3.63) is 11.6 Å². The van der Waals surface area contributed by atoms with E-state index in [1.165, 1.54) is 0 Å². The van der Waals surface area contributed by atoms with Crippen LogP contribution in [-0.2, 0) is 4.79 Å². The van der Waals surface area contributed by atoms with E-state index in [0.717, 1.165) is 18.4 Å². The van der Waals surface area contributed by atoms with Crippen LogP contribution in [0, 0.1) is 34.5 Å². The third kappa shape index (κ3) is 3.58. The van der Waals surface area contributed by atoms with E-state index in [1.54, 1.807) is 13.0 Å². The number of aliphatic hydroxyl groups is 5. The van der Waals surface area contributed by atoms with Crippen LogP contribution < -0.4 is 0 Å². The van der Waals surface area contributed by atoms with Crippen LogP contribution in [0.4, 0.5) is 0 Å². The molecular weight excluding hydrogens is 420 g/mol. The average molecular weight is 465 g/mol. The van der Waals surface area contributed by atoms with Gasteiger partial charge < -0.3 is 25.5 Å². The number of ketones is 1. The van der Waals surface area contributed by atoms with Gasteiger partial charge in [-0.25, -0.2) is 0 Å². The van der Waals surface area contributed by atoms with Crippen LogP contribution in [-0.4, -0.2) is 60.8 Å². The molecule has 3 saturated carbocycles. The number of allylic oxidation sites excluding steroid dienone is 1. The van der Waals surface area contributed by atoms with E-state index >= 15 is 0 Å². The molecule has 4 rings (SSSR count). The Hall–Kier alpha value is -0.790. The molecule has 4 aliphatic carbocycles. The molecule has 0 aromatic rings. The summed E-state index contributed by atoms with van der Waals surface area (Å²) in [5, 5.41) is 55.4. The number of carbonyl (C=O) groups is 1. The Labute approximate surface area is 198 Å². The van der Waals surface area contributed by atoms with Crippen LogP contribution in [0.15, 0.2) is 11.6 Å². The van der Waals surface area contributed by atoms with E-state index in [1.807, 2.05) is 13.8 Å². The number of rotatable bonds is 5. The van der Waals surface area contributed by atoms with Crippen molar-refractivity contribution in [1.29, 1.82) is 0 Å². The lowest BCUT2D eigenvalue weighted by molar-refractivity contribution is -0.176. The summed E-state index contributed by atoms with van der Waals surface area (Å²) >= 11 is 0. The highest BCUT2D eigenvalue weighted by atomic mass is 16.3. The van der Waals surface area contributed by atoms with Crippen LogP contribution >= 0.6 is 0 Å². The standard InChI is InChI=1S/C27H44O6/c1-15(2)6-7-23(31)26(5,32)22-9-11-27(33)17-12-19(28)18-13-20(29)21(30)14-24(18,3)16(17)8-10-25(22,27)4/h12,15-16,18,20-23,29-33H,6-11,13-14H2,1-5H3/t16-,18-,20?,21?,22-,23?,24+,25+,26+,27+/m0/s1. The zero-order chi connectivity index (χ0) is 24.6. The molecule has 3 unspecified atom stereocenters. The molecule has 0 aromatic carbocycles. The van der Waals surface area contributed by atoms with Gasteiger partial charge in [-0.3, -0.25) is 4.79 Å². The van der Waals surface area contributed by atoms with Crippen molar-refractivity contribution < 1.29 is 30.3 Å². The number of aliphatic hydroxyl groups excluding tert-OH is 3. The molecule has 0 saturated heterocycles. The number of hydrogen-bond donors (Lipinski definition) is 5. The molecule has 0 aliphatic heterocycles. The Kier molecular flexibility index (Phi) is 6.23. The molecule has 10 atom stereocenters. The highest BCUT2D eigenvalue weighted by Crippen LogP contribution is 2.68. The van der Waals surface area contributed by atoms with E-state index in [2.05, 4.69) is 13.8 Å². The van der Waals surface area contributed by atoms with Crippen LogP contribution in [0.25, 0.3) is 0 Å². The fourth-order valence-corrected chi connectivity index (χ4v) is 8.32. The summed E-state index contributed by atoms with van der Waals surface area (Å²) in [4.78, 5) is 13.2. The smallest absolute Gasteiger partial charge is 0.159 e. The highest BCUT2D eigenvalue weighted by Gasteiger charge is 2.69.